The summed E-state index contributed by atoms with van der Waals surface area (Å²) in [6.07, 6.45) is 1.72. The first-order valence-electron chi connectivity index (χ1n) is 5.51. The average Bonchev–Trinajstić information content (AvgIpc) is 2.23. The molecule has 5 heteroatoms. The van der Waals surface area contributed by atoms with Crippen molar-refractivity contribution in [1.82, 2.24) is 5.32 Å². The fourth-order valence-electron chi connectivity index (χ4n) is 1.27. The van der Waals surface area contributed by atoms with Gasteiger partial charge in [0.2, 0.25) is 0 Å². The van der Waals surface area contributed by atoms with Crippen molar-refractivity contribution in [1.29, 1.82) is 0 Å². The van der Waals surface area contributed by atoms with Crippen LogP contribution < -0.4 is 5.32 Å². The number of nitrogens with one attached hydrogen (secondary N) is 1. The van der Waals surface area contributed by atoms with Crippen molar-refractivity contribution < 1.29 is 8.42 Å². The third-order valence-corrected chi connectivity index (χ3v) is 5.22. The van der Waals surface area contributed by atoms with Gasteiger partial charge in [0, 0.05) is 17.5 Å². The minimum Gasteiger partial charge on any atom is -0.316 e. The molecule has 0 saturated carbocycles. The average molecular weight is 253 g/mol. The molecule has 0 aliphatic carbocycles. The minimum absolute atomic E-state index is 0.265. The van der Waals surface area contributed by atoms with Crippen molar-refractivity contribution in [3.8, 4) is 0 Å². The van der Waals surface area contributed by atoms with Gasteiger partial charge in [-0.05, 0) is 25.6 Å². The van der Waals surface area contributed by atoms with E-state index >= 15 is 0 Å². The van der Waals surface area contributed by atoms with Crippen molar-refractivity contribution in [3.63, 3.8) is 0 Å². The van der Waals surface area contributed by atoms with E-state index in [1.165, 1.54) is 0 Å². The minimum atomic E-state index is -2.78. The molecule has 15 heavy (non-hydrogen) atoms. The van der Waals surface area contributed by atoms with Crippen molar-refractivity contribution in [2.24, 2.45) is 0 Å². The lowest BCUT2D eigenvalue weighted by Crippen LogP contribution is -2.28. The largest absolute Gasteiger partial charge is 0.316 e. The predicted octanol–water partition coefficient (Wildman–Crippen LogP) is 1.54. The smallest absolute Gasteiger partial charge is 0.150 e. The second-order valence-corrected chi connectivity index (χ2v) is 7.32. The zero-order valence-electron chi connectivity index (χ0n) is 9.95. The van der Waals surface area contributed by atoms with Gasteiger partial charge in [-0.3, -0.25) is 0 Å². The van der Waals surface area contributed by atoms with Crippen LogP contribution in [0.4, 0.5) is 0 Å². The SMILES string of the molecule is CCSCC(CCCS(=O)(=O)CC)NC. The molecule has 0 aromatic carbocycles. The van der Waals surface area contributed by atoms with E-state index in [1.807, 2.05) is 18.8 Å². The van der Waals surface area contributed by atoms with E-state index in [1.54, 1.807) is 6.92 Å². The number of rotatable bonds is 9. The van der Waals surface area contributed by atoms with Gasteiger partial charge in [-0.25, -0.2) is 8.42 Å². The maximum absolute atomic E-state index is 11.3. The summed E-state index contributed by atoms with van der Waals surface area (Å²) < 4.78 is 22.5. The molecule has 92 valence electrons. The third-order valence-electron chi connectivity index (χ3n) is 2.38. The second kappa shape index (κ2) is 8.42. The molecule has 0 amide bonds. The first-order valence-corrected chi connectivity index (χ1v) is 8.48. The maximum Gasteiger partial charge on any atom is 0.150 e. The Labute approximate surface area is 98.3 Å². The highest BCUT2D eigenvalue weighted by Gasteiger charge is 2.10. The molecule has 0 bridgehead atoms. The van der Waals surface area contributed by atoms with Gasteiger partial charge in [0.05, 0.1) is 5.75 Å². The van der Waals surface area contributed by atoms with Crippen LogP contribution in [-0.2, 0) is 9.84 Å². The summed E-state index contributed by atoms with van der Waals surface area (Å²) in [6, 6.07) is 0.446. The van der Waals surface area contributed by atoms with Crippen LogP contribution in [0.1, 0.15) is 26.7 Å². The Morgan fingerprint density at radius 1 is 1.33 bits per heavy atom. The third kappa shape index (κ3) is 8.11. The fraction of sp³-hybridized carbons (Fsp3) is 1.00. The van der Waals surface area contributed by atoms with Crippen molar-refractivity contribution in [3.05, 3.63) is 0 Å². The van der Waals surface area contributed by atoms with Gasteiger partial charge in [0.15, 0.2) is 0 Å². The predicted molar refractivity (Wildman–Crippen MR) is 69.4 cm³/mol. The number of sulfone groups is 1. The Balaban J connectivity index is 3.72. The van der Waals surface area contributed by atoms with Gasteiger partial charge in [0.25, 0.3) is 0 Å². The molecule has 1 N–H and O–H groups in total. The summed E-state index contributed by atoms with van der Waals surface area (Å²) in [5.41, 5.74) is 0. The van der Waals surface area contributed by atoms with Crippen LogP contribution in [0.15, 0.2) is 0 Å². The molecule has 0 saturated heterocycles. The molecule has 3 nitrogen and oxygen atoms in total. The van der Waals surface area contributed by atoms with E-state index in [0.717, 1.165) is 24.3 Å². The topological polar surface area (TPSA) is 46.2 Å². The zero-order chi connectivity index (χ0) is 11.7. The number of hydrogen-bond acceptors (Lipinski definition) is 4. The monoisotopic (exact) mass is 253 g/mol. The normalized spacial score (nSPS) is 14.1. The fourth-order valence-corrected chi connectivity index (χ4v) is 3.01. The van der Waals surface area contributed by atoms with Crippen molar-refractivity contribution >= 4 is 21.6 Å². The number of thioether (sulfide) groups is 1. The van der Waals surface area contributed by atoms with Crippen LogP contribution in [0.25, 0.3) is 0 Å². The van der Waals surface area contributed by atoms with Crippen LogP contribution in [0.3, 0.4) is 0 Å². The first-order chi connectivity index (χ1) is 7.05. The first kappa shape index (κ1) is 15.3. The van der Waals surface area contributed by atoms with Gasteiger partial charge in [0.1, 0.15) is 9.84 Å². The molecule has 0 aliphatic heterocycles. The summed E-state index contributed by atoms with van der Waals surface area (Å²) in [6.45, 7) is 3.84. The Kier molecular flexibility index (Phi) is 8.56. The molecule has 0 heterocycles. The molecule has 0 rings (SSSR count). The molecular weight excluding hydrogens is 230 g/mol. The molecular formula is C10H23NO2S2. The van der Waals surface area contributed by atoms with Crippen LogP contribution in [0.5, 0.6) is 0 Å². The lowest BCUT2D eigenvalue weighted by atomic mass is 10.2. The second-order valence-electron chi connectivity index (χ2n) is 3.52. The van der Waals surface area contributed by atoms with Gasteiger partial charge in [-0.15, -0.1) is 0 Å². The molecule has 0 fully saturated rings. The molecule has 0 aromatic heterocycles. The Bertz CT molecular complexity index is 240. The van der Waals surface area contributed by atoms with Gasteiger partial charge >= 0.3 is 0 Å². The quantitative estimate of drug-likeness (QED) is 0.677. The van der Waals surface area contributed by atoms with E-state index in [4.69, 9.17) is 0 Å². The van der Waals surface area contributed by atoms with Crippen LogP contribution in [0, 0.1) is 0 Å². The van der Waals surface area contributed by atoms with E-state index in [2.05, 4.69) is 12.2 Å². The van der Waals surface area contributed by atoms with Crippen LogP contribution in [0.2, 0.25) is 0 Å². The lowest BCUT2D eigenvalue weighted by molar-refractivity contribution is 0.554. The highest BCUT2D eigenvalue weighted by molar-refractivity contribution is 7.99. The summed E-state index contributed by atoms with van der Waals surface area (Å²) in [5.74, 6) is 2.78. The van der Waals surface area contributed by atoms with Crippen LogP contribution in [-0.4, -0.2) is 44.5 Å². The highest BCUT2D eigenvalue weighted by atomic mass is 32.2. The van der Waals surface area contributed by atoms with Gasteiger partial charge in [-0.2, -0.15) is 11.8 Å². The summed E-state index contributed by atoms with van der Waals surface area (Å²) >= 11 is 1.89. The Morgan fingerprint density at radius 3 is 2.47 bits per heavy atom. The van der Waals surface area contributed by atoms with Gasteiger partial charge < -0.3 is 5.32 Å². The lowest BCUT2D eigenvalue weighted by Gasteiger charge is -2.14. The molecule has 0 aromatic rings. The zero-order valence-corrected chi connectivity index (χ0v) is 11.6. The molecule has 0 aliphatic rings. The maximum atomic E-state index is 11.3. The van der Waals surface area contributed by atoms with E-state index in [-0.39, 0.29) is 5.75 Å². The van der Waals surface area contributed by atoms with Crippen molar-refractivity contribution in [2.75, 3.05) is 30.1 Å². The molecule has 1 atom stereocenters. The van der Waals surface area contributed by atoms with Crippen LogP contribution >= 0.6 is 11.8 Å². The Hall–Kier alpha value is 0.260. The van der Waals surface area contributed by atoms with Gasteiger partial charge in [-0.1, -0.05) is 13.8 Å². The van der Waals surface area contributed by atoms with E-state index in [0.29, 0.717) is 11.8 Å². The molecule has 1 unspecified atom stereocenters. The standard InChI is InChI=1S/C10H23NO2S2/c1-4-14-9-10(11-3)7-6-8-15(12,13)5-2/h10-11H,4-9H2,1-3H3. The summed E-state index contributed by atoms with van der Waals surface area (Å²) in [4.78, 5) is 0. The Morgan fingerprint density at radius 2 is 2.00 bits per heavy atom. The van der Waals surface area contributed by atoms with E-state index in [9.17, 15) is 8.42 Å². The summed E-state index contributed by atoms with van der Waals surface area (Å²) in [7, 11) is -0.839. The molecule has 0 radical (unpaired) electrons. The highest BCUT2D eigenvalue weighted by Crippen LogP contribution is 2.08. The van der Waals surface area contributed by atoms with E-state index < -0.39 is 9.84 Å². The summed E-state index contributed by atoms with van der Waals surface area (Å²) in [5, 5.41) is 3.23. The van der Waals surface area contributed by atoms with Crippen molar-refractivity contribution in [2.45, 2.75) is 32.7 Å². The molecule has 0 spiro atoms. The number of hydrogen-bond donors (Lipinski definition) is 1.